The number of aliphatic hydroxyl groups is 1. The second kappa shape index (κ2) is 2.66. The molecule has 1 unspecified atom stereocenters. The van der Waals surface area contributed by atoms with Gasteiger partial charge in [0.05, 0.1) is 5.69 Å². The molecule has 0 fully saturated rings. The van der Waals surface area contributed by atoms with E-state index in [1.165, 1.54) is 6.08 Å². The zero-order valence-corrected chi connectivity index (χ0v) is 5.74. The summed E-state index contributed by atoms with van der Waals surface area (Å²) in [5.41, 5.74) is 0.760. The monoisotopic (exact) mass is 139 g/mol. The normalized spacial score (nSPS) is 13.0. The highest BCUT2D eigenvalue weighted by molar-refractivity contribution is 5.09. The number of hydrogen-bond donors (Lipinski definition) is 1. The van der Waals surface area contributed by atoms with Crippen LogP contribution in [-0.2, 0) is 0 Å². The Hall–Kier alpha value is -1.09. The molecule has 54 valence electrons. The van der Waals surface area contributed by atoms with E-state index in [4.69, 9.17) is 9.63 Å². The number of aryl methyl sites for hydroxylation is 1. The van der Waals surface area contributed by atoms with Crippen LogP contribution in [0.2, 0.25) is 0 Å². The maximum atomic E-state index is 9.09. The molecule has 0 aliphatic heterocycles. The Labute approximate surface area is 59.0 Å². The van der Waals surface area contributed by atoms with Crippen molar-refractivity contribution in [3.8, 4) is 0 Å². The Kier molecular flexibility index (Phi) is 1.87. The first-order valence-corrected chi connectivity index (χ1v) is 2.98. The van der Waals surface area contributed by atoms with Gasteiger partial charge < -0.3 is 9.63 Å². The lowest BCUT2D eigenvalue weighted by molar-refractivity contribution is 0.183. The predicted molar refractivity (Wildman–Crippen MR) is 36.4 cm³/mol. The zero-order chi connectivity index (χ0) is 7.56. The van der Waals surface area contributed by atoms with Gasteiger partial charge in [-0.25, -0.2) is 0 Å². The van der Waals surface area contributed by atoms with Crippen molar-refractivity contribution in [2.45, 2.75) is 13.0 Å². The minimum Gasteiger partial charge on any atom is -0.381 e. The molecule has 1 aromatic heterocycles. The van der Waals surface area contributed by atoms with Gasteiger partial charge in [-0.2, -0.15) is 0 Å². The fourth-order valence-corrected chi connectivity index (χ4v) is 0.639. The van der Waals surface area contributed by atoms with Gasteiger partial charge in [0.15, 0.2) is 5.76 Å². The quantitative estimate of drug-likeness (QED) is 0.626. The highest BCUT2D eigenvalue weighted by Crippen LogP contribution is 2.13. The average Bonchev–Trinajstić information content (AvgIpc) is 2.34. The number of aromatic nitrogens is 1. The number of rotatable bonds is 2. The molecule has 0 aliphatic rings. The lowest BCUT2D eigenvalue weighted by atomic mass is 10.2. The summed E-state index contributed by atoms with van der Waals surface area (Å²) >= 11 is 0. The third-order valence-corrected chi connectivity index (χ3v) is 1.16. The predicted octanol–water partition coefficient (Wildman–Crippen LogP) is 1.20. The standard InChI is InChI=1S/C7H9NO2/c1-3-6(9)7-4-5(2)8-10-7/h3-4,6,9H,1H2,2H3. The number of aliphatic hydroxyl groups excluding tert-OH is 1. The summed E-state index contributed by atoms with van der Waals surface area (Å²) in [5, 5.41) is 12.7. The Balaban J connectivity index is 2.84. The zero-order valence-electron chi connectivity index (χ0n) is 5.74. The van der Waals surface area contributed by atoms with Crippen molar-refractivity contribution in [3.05, 3.63) is 30.2 Å². The maximum Gasteiger partial charge on any atom is 0.169 e. The van der Waals surface area contributed by atoms with Gasteiger partial charge in [-0.3, -0.25) is 0 Å². The smallest absolute Gasteiger partial charge is 0.169 e. The maximum absolute atomic E-state index is 9.09. The Bertz CT molecular complexity index is 229. The second-order valence-corrected chi connectivity index (χ2v) is 2.05. The molecule has 1 N–H and O–H groups in total. The van der Waals surface area contributed by atoms with Gasteiger partial charge in [-0.1, -0.05) is 11.2 Å². The third-order valence-electron chi connectivity index (χ3n) is 1.16. The summed E-state index contributed by atoms with van der Waals surface area (Å²) in [6, 6.07) is 1.67. The summed E-state index contributed by atoms with van der Waals surface area (Å²) in [7, 11) is 0. The van der Waals surface area contributed by atoms with Crippen molar-refractivity contribution >= 4 is 0 Å². The highest BCUT2D eigenvalue weighted by atomic mass is 16.5. The first-order chi connectivity index (χ1) is 4.74. The lowest BCUT2D eigenvalue weighted by Crippen LogP contribution is -1.87. The summed E-state index contributed by atoms with van der Waals surface area (Å²) in [6.07, 6.45) is 0.654. The van der Waals surface area contributed by atoms with Crippen LogP contribution in [0.15, 0.2) is 23.2 Å². The molecule has 0 bridgehead atoms. The van der Waals surface area contributed by atoms with Gasteiger partial charge in [-0.05, 0) is 6.92 Å². The van der Waals surface area contributed by atoms with E-state index in [9.17, 15) is 0 Å². The van der Waals surface area contributed by atoms with Crippen molar-refractivity contribution in [2.24, 2.45) is 0 Å². The van der Waals surface area contributed by atoms with Crippen molar-refractivity contribution < 1.29 is 9.63 Å². The van der Waals surface area contributed by atoms with Crippen molar-refractivity contribution in [2.75, 3.05) is 0 Å². The lowest BCUT2D eigenvalue weighted by Gasteiger charge is -1.95. The molecular weight excluding hydrogens is 130 g/mol. The van der Waals surface area contributed by atoms with E-state index in [2.05, 4.69) is 11.7 Å². The van der Waals surface area contributed by atoms with E-state index in [-0.39, 0.29) is 0 Å². The topological polar surface area (TPSA) is 46.3 Å². The fraction of sp³-hybridized carbons (Fsp3) is 0.286. The molecule has 3 nitrogen and oxygen atoms in total. The Morgan fingerprint density at radius 3 is 3.00 bits per heavy atom. The number of hydrogen-bond acceptors (Lipinski definition) is 3. The molecule has 0 saturated heterocycles. The van der Waals surface area contributed by atoms with E-state index < -0.39 is 6.10 Å². The second-order valence-electron chi connectivity index (χ2n) is 2.05. The molecule has 1 rings (SSSR count). The van der Waals surface area contributed by atoms with Gasteiger partial charge in [0.25, 0.3) is 0 Å². The van der Waals surface area contributed by atoms with Gasteiger partial charge in [-0.15, -0.1) is 6.58 Å². The van der Waals surface area contributed by atoms with Crippen LogP contribution in [0.3, 0.4) is 0 Å². The van der Waals surface area contributed by atoms with Crippen LogP contribution in [0.4, 0.5) is 0 Å². The van der Waals surface area contributed by atoms with E-state index >= 15 is 0 Å². The summed E-state index contributed by atoms with van der Waals surface area (Å²) < 4.78 is 4.75. The van der Waals surface area contributed by atoms with Gasteiger partial charge in [0.2, 0.25) is 0 Å². The van der Waals surface area contributed by atoms with Crippen LogP contribution < -0.4 is 0 Å². The van der Waals surface area contributed by atoms with Crippen LogP contribution >= 0.6 is 0 Å². The van der Waals surface area contributed by atoms with E-state index in [0.29, 0.717) is 5.76 Å². The van der Waals surface area contributed by atoms with Crippen LogP contribution in [0.1, 0.15) is 17.6 Å². The molecule has 0 amide bonds. The van der Waals surface area contributed by atoms with E-state index in [1.54, 1.807) is 13.0 Å². The van der Waals surface area contributed by atoms with Crippen molar-refractivity contribution in [1.29, 1.82) is 0 Å². The number of nitrogens with zero attached hydrogens (tertiary/aromatic N) is 1. The fourth-order valence-electron chi connectivity index (χ4n) is 0.639. The van der Waals surface area contributed by atoms with Crippen molar-refractivity contribution in [3.63, 3.8) is 0 Å². The van der Waals surface area contributed by atoms with Gasteiger partial charge >= 0.3 is 0 Å². The Morgan fingerprint density at radius 1 is 1.90 bits per heavy atom. The molecule has 0 spiro atoms. The molecule has 0 aromatic carbocycles. The molecule has 10 heavy (non-hydrogen) atoms. The first-order valence-electron chi connectivity index (χ1n) is 2.98. The SMILES string of the molecule is C=CC(O)c1cc(C)no1. The minimum absolute atomic E-state index is 0.438. The van der Waals surface area contributed by atoms with Crippen LogP contribution in [0.5, 0.6) is 0 Å². The molecule has 3 heteroatoms. The van der Waals surface area contributed by atoms with Crippen LogP contribution in [0.25, 0.3) is 0 Å². The van der Waals surface area contributed by atoms with Crippen LogP contribution in [-0.4, -0.2) is 10.3 Å². The summed E-state index contributed by atoms with van der Waals surface area (Å²) in [4.78, 5) is 0. The molecule has 1 aromatic rings. The Morgan fingerprint density at radius 2 is 2.60 bits per heavy atom. The van der Waals surface area contributed by atoms with Gasteiger partial charge in [0, 0.05) is 6.07 Å². The minimum atomic E-state index is -0.735. The average molecular weight is 139 g/mol. The molecule has 0 saturated carbocycles. The first kappa shape index (κ1) is 7.02. The third kappa shape index (κ3) is 1.25. The molecule has 0 radical (unpaired) electrons. The van der Waals surface area contributed by atoms with E-state index in [1.807, 2.05) is 0 Å². The van der Waals surface area contributed by atoms with E-state index in [0.717, 1.165) is 5.69 Å². The molecule has 1 heterocycles. The molecule has 0 aliphatic carbocycles. The molecular formula is C7H9NO2. The van der Waals surface area contributed by atoms with Crippen molar-refractivity contribution in [1.82, 2.24) is 5.16 Å². The van der Waals surface area contributed by atoms with Crippen LogP contribution in [0, 0.1) is 6.92 Å². The largest absolute Gasteiger partial charge is 0.381 e. The van der Waals surface area contributed by atoms with Gasteiger partial charge in [0.1, 0.15) is 6.10 Å². The molecule has 1 atom stereocenters. The highest BCUT2D eigenvalue weighted by Gasteiger charge is 2.07. The summed E-state index contributed by atoms with van der Waals surface area (Å²) in [5.74, 6) is 0.438. The summed E-state index contributed by atoms with van der Waals surface area (Å²) in [6.45, 7) is 5.20.